The highest BCUT2D eigenvalue weighted by molar-refractivity contribution is 7.98. The molecule has 0 spiro atoms. The van der Waals surface area contributed by atoms with Crippen molar-refractivity contribution in [1.82, 2.24) is 0 Å². The molecule has 0 aliphatic rings. The second-order valence-corrected chi connectivity index (χ2v) is 3.10. The molecule has 0 amide bonds. The Balaban J connectivity index is 3.50. The van der Waals surface area contributed by atoms with E-state index in [0.29, 0.717) is 0 Å². The van der Waals surface area contributed by atoms with Gasteiger partial charge in [-0.3, -0.25) is 4.79 Å². The third-order valence-corrected chi connectivity index (χ3v) is 1.97. The molecule has 60 valence electrons. The molecule has 0 radical (unpaired) electrons. The fraction of sp³-hybridized carbons (Fsp3) is 0.857. The van der Waals surface area contributed by atoms with E-state index in [9.17, 15) is 4.79 Å². The summed E-state index contributed by atoms with van der Waals surface area (Å²) in [5.74, 6) is 1.11. The highest BCUT2D eigenvalue weighted by Crippen LogP contribution is 2.03. The first-order valence-electron chi connectivity index (χ1n) is 3.24. The lowest BCUT2D eigenvalue weighted by Gasteiger charge is -2.09. The Kier molecular flexibility index (Phi) is 5.73. The predicted molar refractivity (Wildman–Crippen MR) is 44.5 cm³/mol. The summed E-state index contributed by atoms with van der Waals surface area (Å²) in [6, 6.07) is 0. The quantitative estimate of drug-likeness (QED) is 0.610. The number of ketones is 1. The van der Waals surface area contributed by atoms with Gasteiger partial charge in [-0.25, -0.2) is 0 Å². The van der Waals surface area contributed by atoms with Gasteiger partial charge < -0.3 is 4.74 Å². The molecule has 0 bridgehead atoms. The molecule has 0 saturated carbocycles. The Labute approximate surface area is 66.3 Å². The van der Waals surface area contributed by atoms with E-state index >= 15 is 0 Å². The van der Waals surface area contributed by atoms with Gasteiger partial charge in [-0.05, 0) is 25.4 Å². The van der Waals surface area contributed by atoms with Gasteiger partial charge in [0.15, 0.2) is 5.78 Å². The Morgan fingerprint density at radius 2 is 2.30 bits per heavy atom. The van der Waals surface area contributed by atoms with Crippen molar-refractivity contribution in [2.45, 2.75) is 19.4 Å². The Bertz CT molecular complexity index is 104. The standard InChI is InChI=1S/C7H14O2S/c1-6(8)7(9-2)4-5-10-3/h7H,4-5H2,1-3H3. The normalized spacial score (nSPS) is 13.1. The Morgan fingerprint density at radius 3 is 2.60 bits per heavy atom. The number of Topliss-reactive ketones (excluding diaryl/α,β-unsaturated/α-hetero) is 1. The van der Waals surface area contributed by atoms with E-state index in [-0.39, 0.29) is 11.9 Å². The SMILES string of the molecule is COC(CCSC)C(C)=O. The number of rotatable bonds is 5. The Hall–Kier alpha value is -0.0200. The van der Waals surface area contributed by atoms with Crippen molar-refractivity contribution in [2.75, 3.05) is 19.1 Å². The van der Waals surface area contributed by atoms with E-state index in [1.54, 1.807) is 25.8 Å². The van der Waals surface area contributed by atoms with E-state index in [2.05, 4.69) is 0 Å². The maximum absolute atomic E-state index is 10.7. The molecule has 0 aliphatic heterocycles. The van der Waals surface area contributed by atoms with Gasteiger partial charge in [0.05, 0.1) is 0 Å². The van der Waals surface area contributed by atoms with E-state index in [0.717, 1.165) is 12.2 Å². The number of carbonyl (C=O) groups excluding carboxylic acids is 1. The molecular formula is C7H14O2S. The molecule has 0 rings (SSSR count). The smallest absolute Gasteiger partial charge is 0.158 e. The predicted octanol–water partition coefficient (Wildman–Crippen LogP) is 1.34. The third kappa shape index (κ3) is 3.90. The van der Waals surface area contributed by atoms with Crippen LogP contribution in [-0.2, 0) is 9.53 Å². The lowest BCUT2D eigenvalue weighted by molar-refractivity contribution is -0.126. The lowest BCUT2D eigenvalue weighted by Crippen LogP contribution is -2.20. The number of carbonyl (C=O) groups is 1. The maximum Gasteiger partial charge on any atom is 0.158 e. The third-order valence-electron chi connectivity index (χ3n) is 1.32. The highest BCUT2D eigenvalue weighted by Gasteiger charge is 2.10. The second kappa shape index (κ2) is 5.74. The molecule has 0 aromatic rings. The summed E-state index contributed by atoms with van der Waals surface area (Å²) in [7, 11) is 1.58. The van der Waals surface area contributed by atoms with Crippen molar-refractivity contribution in [3.8, 4) is 0 Å². The summed E-state index contributed by atoms with van der Waals surface area (Å²) in [6.07, 6.45) is 2.66. The minimum atomic E-state index is -0.188. The average Bonchev–Trinajstić information content (AvgIpc) is 1.89. The topological polar surface area (TPSA) is 26.3 Å². The summed E-state index contributed by atoms with van der Waals surface area (Å²) >= 11 is 1.73. The van der Waals surface area contributed by atoms with Crippen LogP contribution in [0.15, 0.2) is 0 Å². The number of thioether (sulfide) groups is 1. The van der Waals surface area contributed by atoms with Crippen molar-refractivity contribution in [2.24, 2.45) is 0 Å². The summed E-state index contributed by atoms with van der Waals surface area (Å²) in [5.41, 5.74) is 0. The minimum absolute atomic E-state index is 0.122. The number of hydrogen-bond acceptors (Lipinski definition) is 3. The monoisotopic (exact) mass is 162 g/mol. The fourth-order valence-corrected chi connectivity index (χ4v) is 1.16. The van der Waals surface area contributed by atoms with Crippen LogP contribution in [0.3, 0.4) is 0 Å². The van der Waals surface area contributed by atoms with Crippen molar-refractivity contribution in [3.63, 3.8) is 0 Å². The van der Waals surface area contributed by atoms with Gasteiger partial charge in [-0.1, -0.05) is 0 Å². The van der Waals surface area contributed by atoms with Gasteiger partial charge >= 0.3 is 0 Å². The van der Waals surface area contributed by atoms with Crippen LogP contribution in [0.2, 0.25) is 0 Å². The number of hydrogen-bond donors (Lipinski definition) is 0. The zero-order valence-corrected chi connectivity index (χ0v) is 7.53. The first-order chi connectivity index (χ1) is 4.72. The van der Waals surface area contributed by atoms with Crippen LogP contribution in [0.5, 0.6) is 0 Å². The highest BCUT2D eigenvalue weighted by atomic mass is 32.2. The van der Waals surface area contributed by atoms with Crippen molar-refractivity contribution >= 4 is 17.5 Å². The molecule has 0 aliphatic carbocycles. The molecular weight excluding hydrogens is 148 g/mol. The molecule has 3 heteroatoms. The number of ether oxygens (including phenoxy) is 1. The van der Waals surface area contributed by atoms with Crippen LogP contribution < -0.4 is 0 Å². The van der Waals surface area contributed by atoms with Gasteiger partial charge in [0.1, 0.15) is 6.10 Å². The van der Waals surface area contributed by atoms with E-state index in [1.165, 1.54) is 0 Å². The summed E-state index contributed by atoms with van der Waals surface area (Å²) in [5, 5.41) is 0. The van der Waals surface area contributed by atoms with Crippen LogP contribution in [0, 0.1) is 0 Å². The molecule has 0 heterocycles. The summed E-state index contributed by atoms with van der Waals surface area (Å²) in [4.78, 5) is 10.7. The number of methoxy groups -OCH3 is 1. The second-order valence-electron chi connectivity index (χ2n) is 2.12. The van der Waals surface area contributed by atoms with Gasteiger partial charge in [-0.2, -0.15) is 11.8 Å². The molecule has 0 saturated heterocycles. The van der Waals surface area contributed by atoms with Crippen LogP contribution >= 0.6 is 11.8 Å². The van der Waals surface area contributed by atoms with Gasteiger partial charge in [0.2, 0.25) is 0 Å². The first-order valence-corrected chi connectivity index (χ1v) is 4.64. The Morgan fingerprint density at radius 1 is 1.70 bits per heavy atom. The van der Waals surface area contributed by atoms with Gasteiger partial charge in [-0.15, -0.1) is 0 Å². The van der Waals surface area contributed by atoms with Gasteiger partial charge in [0.25, 0.3) is 0 Å². The molecule has 0 aromatic heterocycles. The zero-order chi connectivity index (χ0) is 7.98. The molecule has 10 heavy (non-hydrogen) atoms. The molecule has 0 aromatic carbocycles. The van der Waals surface area contributed by atoms with Crippen LogP contribution in [0.1, 0.15) is 13.3 Å². The molecule has 0 fully saturated rings. The first kappa shape index (κ1) is 9.98. The van der Waals surface area contributed by atoms with E-state index in [1.807, 2.05) is 6.26 Å². The largest absolute Gasteiger partial charge is 0.374 e. The van der Waals surface area contributed by atoms with Crippen LogP contribution in [0.4, 0.5) is 0 Å². The van der Waals surface area contributed by atoms with Crippen molar-refractivity contribution in [1.29, 1.82) is 0 Å². The minimum Gasteiger partial charge on any atom is -0.374 e. The van der Waals surface area contributed by atoms with Crippen molar-refractivity contribution in [3.05, 3.63) is 0 Å². The molecule has 1 atom stereocenters. The zero-order valence-electron chi connectivity index (χ0n) is 6.72. The maximum atomic E-state index is 10.7. The lowest BCUT2D eigenvalue weighted by atomic mass is 10.2. The van der Waals surface area contributed by atoms with Crippen molar-refractivity contribution < 1.29 is 9.53 Å². The van der Waals surface area contributed by atoms with Crippen LogP contribution in [0.25, 0.3) is 0 Å². The fourth-order valence-electron chi connectivity index (χ4n) is 0.712. The van der Waals surface area contributed by atoms with Crippen LogP contribution in [-0.4, -0.2) is 31.0 Å². The molecule has 0 N–H and O–H groups in total. The molecule has 2 nitrogen and oxygen atoms in total. The summed E-state index contributed by atoms with van der Waals surface area (Å²) in [6.45, 7) is 1.56. The van der Waals surface area contributed by atoms with E-state index < -0.39 is 0 Å². The van der Waals surface area contributed by atoms with E-state index in [4.69, 9.17) is 4.74 Å². The van der Waals surface area contributed by atoms with Gasteiger partial charge in [0, 0.05) is 7.11 Å². The average molecular weight is 162 g/mol. The molecule has 1 unspecified atom stereocenters. The summed E-state index contributed by atoms with van der Waals surface area (Å²) < 4.78 is 4.95.